The number of imidazole rings is 1. The van der Waals surface area contributed by atoms with Gasteiger partial charge in [0.15, 0.2) is 0 Å². The molecule has 1 heterocycles. The van der Waals surface area contributed by atoms with E-state index in [1.165, 1.54) is 12.1 Å². The van der Waals surface area contributed by atoms with Gasteiger partial charge in [-0.25, -0.2) is 22.5 Å². The van der Waals surface area contributed by atoms with Gasteiger partial charge in [-0.2, -0.15) is 0 Å². The van der Waals surface area contributed by atoms with Crippen molar-refractivity contribution in [2.75, 3.05) is 6.54 Å². The van der Waals surface area contributed by atoms with Crippen molar-refractivity contribution < 1.29 is 12.8 Å². The monoisotopic (exact) mass is 312 g/mol. The van der Waals surface area contributed by atoms with E-state index in [2.05, 4.69) is 9.71 Å². The van der Waals surface area contributed by atoms with E-state index in [0.29, 0.717) is 12.0 Å². The van der Waals surface area contributed by atoms with E-state index in [4.69, 9.17) is 5.73 Å². The molecule has 0 aliphatic carbocycles. The Morgan fingerprint density at radius 1 is 1.43 bits per heavy atom. The molecule has 3 N–H and O–H groups in total. The highest BCUT2D eigenvalue weighted by Crippen LogP contribution is 2.16. The summed E-state index contributed by atoms with van der Waals surface area (Å²) in [6.45, 7) is 0.287. The summed E-state index contributed by atoms with van der Waals surface area (Å²) in [7, 11) is -2.09. The number of hydrogen-bond donors (Lipinski definition) is 2. The molecule has 2 rings (SSSR count). The number of sulfonamides is 1. The Labute approximate surface area is 122 Å². The van der Waals surface area contributed by atoms with Crippen molar-refractivity contribution in [3.63, 3.8) is 0 Å². The van der Waals surface area contributed by atoms with E-state index < -0.39 is 15.8 Å². The first-order valence-electron chi connectivity index (χ1n) is 6.38. The van der Waals surface area contributed by atoms with Crippen molar-refractivity contribution in [3.8, 4) is 0 Å². The molecule has 2 aromatic rings. The highest BCUT2D eigenvalue weighted by molar-refractivity contribution is 7.89. The van der Waals surface area contributed by atoms with Crippen molar-refractivity contribution in [1.82, 2.24) is 14.3 Å². The molecule has 114 valence electrons. The lowest BCUT2D eigenvalue weighted by molar-refractivity contribution is 0.555. The van der Waals surface area contributed by atoms with Crippen molar-refractivity contribution in [1.29, 1.82) is 0 Å². The zero-order chi connectivity index (χ0) is 15.5. The first kappa shape index (κ1) is 15.6. The average Bonchev–Trinajstić information content (AvgIpc) is 2.84. The van der Waals surface area contributed by atoms with Crippen LogP contribution in [0, 0.1) is 5.82 Å². The SMILES string of the molecule is Cn1ccnc1CCNS(=O)(=O)c1cc(CN)ccc1F. The molecule has 21 heavy (non-hydrogen) atoms. The molecule has 1 aromatic heterocycles. The number of nitrogens with one attached hydrogen (secondary N) is 1. The van der Waals surface area contributed by atoms with E-state index in [1.807, 2.05) is 7.05 Å². The quantitative estimate of drug-likeness (QED) is 0.814. The van der Waals surface area contributed by atoms with Gasteiger partial charge in [-0.1, -0.05) is 6.07 Å². The minimum Gasteiger partial charge on any atom is -0.338 e. The van der Waals surface area contributed by atoms with Crippen LogP contribution in [0.5, 0.6) is 0 Å². The molecule has 0 aliphatic heterocycles. The van der Waals surface area contributed by atoms with Gasteiger partial charge in [-0.15, -0.1) is 0 Å². The van der Waals surface area contributed by atoms with Gasteiger partial charge in [0.2, 0.25) is 10.0 Å². The number of nitrogens with zero attached hydrogens (tertiary/aromatic N) is 2. The summed E-state index contributed by atoms with van der Waals surface area (Å²) in [5.74, 6) is -0.0504. The Hall–Kier alpha value is -1.77. The van der Waals surface area contributed by atoms with Crippen LogP contribution in [0.15, 0.2) is 35.5 Å². The Morgan fingerprint density at radius 2 is 2.19 bits per heavy atom. The summed E-state index contributed by atoms with van der Waals surface area (Å²) < 4.78 is 42.1. The summed E-state index contributed by atoms with van der Waals surface area (Å²) >= 11 is 0. The van der Waals surface area contributed by atoms with Crippen molar-refractivity contribution in [2.24, 2.45) is 12.8 Å². The molecule has 0 bridgehead atoms. The highest BCUT2D eigenvalue weighted by Gasteiger charge is 2.19. The van der Waals surface area contributed by atoms with E-state index >= 15 is 0 Å². The number of aromatic nitrogens is 2. The highest BCUT2D eigenvalue weighted by atomic mass is 32.2. The van der Waals surface area contributed by atoms with Gasteiger partial charge in [0, 0.05) is 39.0 Å². The lowest BCUT2D eigenvalue weighted by atomic mass is 10.2. The first-order chi connectivity index (χ1) is 9.94. The van der Waals surface area contributed by atoms with Crippen LogP contribution in [0.2, 0.25) is 0 Å². The van der Waals surface area contributed by atoms with E-state index in [-0.39, 0.29) is 18.0 Å². The molecular weight excluding hydrogens is 295 g/mol. The molecule has 0 radical (unpaired) electrons. The summed E-state index contributed by atoms with van der Waals surface area (Å²) in [6.07, 6.45) is 3.82. The van der Waals surface area contributed by atoms with Crippen molar-refractivity contribution in [2.45, 2.75) is 17.9 Å². The van der Waals surface area contributed by atoms with Crippen molar-refractivity contribution >= 4 is 10.0 Å². The molecule has 1 aromatic carbocycles. The number of hydrogen-bond acceptors (Lipinski definition) is 4. The van der Waals surface area contributed by atoms with Crippen LogP contribution in [0.3, 0.4) is 0 Å². The van der Waals surface area contributed by atoms with Gasteiger partial charge in [0.1, 0.15) is 16.5 Å². The number of rotatable bonds is 6. The molecule has 0 fully saturated rings. The van der Waals surface area contributed by atoms with Crippen LogP contribution in [-0.2, 0) is 30.0 Å². The largest absolute Gasteiger partial charge is 0.338 e. The lowest BCUT2D eigenvalue weighted by Crippen LogP contribution is -2.27. The number of halogens is 1. The van der Waals surface area contributed by atoms with Crippen LogP contribution in [0.4, 0.5) is 4.39 Å². The maximum absolute atomic E-state index is 13.7. The number of nitrogens with two attached hydrogens (primary N) is 1. The topological polar surface area (TPSA) is 90.0 Å². The molecule has 0 amide bonds. The van der Waals surface area contributed by atoms with Crippen molar-refractivity contribution in [3.05, 3.63) is 47.8 Å². The fraction of sp³-hybridized carbons (Fsp3) is 0.308. The van der Waals surface area contributed by atoms with Gasteiger partial charge >= 0.3 is 0 Å². The normalized spacial score (nSPS) is 11.8. The number of benzene rings is 1. The van der Waals surface area contributed by atoms with Crippen LogP contribution in [0.25, 0.3) is 0 Å². The summed E-state index contributed by atoms with van der Waals surface area (Å²) in [6, 6.07) is 3.82. The van der Waals surface area contributed by atoms with Gasteiger partial charge in [0.05, 0.1) is 0 Å². The fourth-order valence-electron chi connectivity index (χ4n) is 1.89. The van der Waals surface area contributed by atoms with Crippen LogP contribution in [0.1, 0.15) is 11.4 Å². The van der Waals surface area contributed by atoms with Gasteiger partial charge < -0.3 is 10.3 Å². The molecule has 0 unspecified atom stereocenters. The molecule has 6 nitrogen and oxygen atoms in total. The number of aryl methyl sites for hydroxylation is 1. The van der Waals surface area contributed by atoms with Gasteiger partial charge in [0.25, 0.3) is 0 Å². The predicted molar refractivity (Wildman–Crippen MR) is 76.4 cm³/mol. The Morgan fingerprint density at radius 3 is 2.81 bits per heavy atom. The van der Waals surface area contributed by atoms with Crippen LogP contribution in [-0.4, -0.2) is 24.5 Å². The first-order valence-corrected chi connectivity index (χ1v) is 7.86. The maximum Gasteiger partial charge on any atom is 0.243 e. The Balaban J connectivity index is 2.10. The molecule has 0 saturated carbocycles. The Bertz CT molecular complexity index is 728. The Kier molecular flexibility index (Phi) is 4.71. The molecular formula is C13H17FN4O2S. The molecule has 0 atom stereocenters. The third-order valence-electron chi connectivity index (χ3n) is 3.08. The van der Waals surface area contributed by atoms with Gasteiger partial charge in [-0.05, 0) is 17.7 Å². The van der Waals surface area contributed by atoms with E-state index in [0.717, 1.165) is 11.9 Å². The third kappa shape index (κ3) is 3.66. The third-order valence-corrected chi connectivity index (χ3v) is 4.56. The second-order valence-corrected chi connectivity index (χ2v) is 6.31. The average molecular weight is 312 g/mol. The van der Waals surface area contributed by atoms with E-state index in [1.54, 1.807) is 17.0 Å². The summed E-state index contributed by atoms with van der Waals surface area (Å²) in [5, 5.41) is 0. The molecule has 0 spiro atoms. The fourth-order valence-corrected chi connectivity index (χ4v) is 3.05. The zero-order valence-electron chi connectivity index (χ0n) is 11.6. The standard InChI is InChI=1S/C13H17FN4O2S/c1-18-7-6-16-13(18)4-5-17-21(19,20)12-8-10(9-15)2-3-11(12)14/h2-3,6-8,17H,4-5,9,15H2,1H3. The van der Waals surface area contributed by atoms with Gasteiger partial charge in [-0.3, -0.25) is 0 Å². The minimum atomic E-state index is -3.91. The minimum absolute atomic E-state index is 0.138. The predicted octanol–water partition coefficient (Wildman–Crippen LogP) is 0.539. The molecule has 0 aliphatic rings. The lowest BCUT2D eigenvalue weighted by Gasteiger charge is -2.09. The maximum atomic E-state index is 13.7. The second kappa shape index (κ2) is 6.33. The van der Waals surface area contributed by atoms with Crippen LogP contribution < -0.4 is 10.5 Å². The van der Waals surface area contributed by atoms with Crippen LogP contribution >= 0.6 is 0 Å². The second-order valence-electron chi connectivity index (χ2n) is 4.57. The zero-order valence-corrected chi connectivity index (χ0v) is 12.4. The van der Waals surface area contributed by atoms with E-state index in [9.17, 15) is 12.8 Å². The summed E-state index contributed by atoms with van der Waals surface area (Å²) in [4.78, 5) is 3.71. The molecule has 8 heteroatoms. The summed E-state index contributed by atoms with van der Waals surface area (Å²) in [5.41, 5.74) is 6.00. The smallest absolute Gasteiger partial charge is 0.243 e. The molecule has 0 saturated heterocycles.